The number of halogens is 1. The van der Waals surface area contributed by atoms with Crippen molar-refractivity contribution >= 4 is 15.7 Å². The van der Waals surface area contributed by atoms with E-state index in [0.717, 1.165) is 42.9 Å². The number of benzene rings is 2. The van der Waals surface area contributed by atoms with Crippen LogP contribution in [0.4, 0.5) is 10.1 Å². The summed E-state index contributed by atoms with van der Waals surface area (Å²) in [5, 5.41) is 0. The Morgan fingerprint density at radius 2 is 1.90 bits per heavy atom. The SMILES string of the molecule is O=S(=O)(CCOc1ccc(F)cc1)Nc1ccccc1-c1cn2c(n1)CCCC2. The first-order valence-electron chi connectivity index (χ1n) is 9.54. The zero-order chi connectivity index (χ0) is 20.3. The number of ether oxygens (including phenoxy) is 1. The molecule has 0 aliphatic carbocycles. The fourth-order valence-corrected chi connectivity index (χ4v) is 4.27. The molecule has 1 aliphatic rings. The van der Waals surface area contributed by atoms with E-state index in [1.165, 1.54) is 24.3 Å². The van der Waals surface area contributed by atoms with Crippen molar-refractivity contribution in [1.29, 1.82) is 0 Å². The van der Waals surface area contributed by atoms with Crippen LogP contribution in [0, 0.1) is 5.82 Å². The molecule has 0 spiro atoms. The minimum absolute atomic E-state index is 0.0398. The van der Waals surface area contributed by atoms with E-state index in [2.05, 4.69) is 9.29 Å². The standard InChI is InChI=1S/C21H22FN3O3S/c22-16-8-10-17(11-9-16)28-13-14-29(26,27)24-19-6-2-1-5-18(19)20-15-25-12-4-3-7-21(25)23-20/h1-2,5-6,8-11,15,24H,3-4,7,12-14H2. The molecule has 0 radical (unpaired) electrons. The van der Waals surface area contributed by atoms with Crippen LogP contribution in [-0.4, -0.2) is 30.3 Å². The Morgan fingerprint density at radius 3 is 2.69 bits per heavy atom. The fraction of sp³-hybridized carbons (Fsp3) is 0.286. The van der Waals surface area contributed by atoms with Gasteiger partial charge in [-0.3, -0.25) is 4.72 Å². The highest BCUT2D eigenvalue weighted by Gasteiger charge is 2.18. The maximum Gasteiger partial charge on any atom is 0.236 e. The second-order valence-corrected chi connectivity index (χ2v) is 8.80. The summed E-state index contributed by atoms with van der Waals surface area (Å²) in [5.74, 6) is 0.865. The summed E-state index contributed by atoms with van der Waals surface area (Å²) in [6.07, 6.45) is 5.18. The number of anilines is 1. The first-order chi connectivity index (χ1) is 14.0. The van der Waals surface area contributed by atoms with Crippen LogP contribution in [0.25, 0.3) is 11.3 Å². The molecule has 1 aliphatic heterocycles. The zero-order valence-electron chi connectivity index (χ0n) is 15.8. The van der Waals surface area contributed by atoms with Crippen LogP contribution in [0.5, 0.6) is 5.75 Å². The van der Waals surface area contributed by atoms with Crippen molar-refractivity contribution in [3.63, 3.8) is 0 Å². The summed E-state index contributed by atoms with van der Waals surface area (Å²) in [7, 11) is -3.63. The van der Waals surface area contributed by atoms with E-state index >= 15 is 0 Å². The Kier molecular flexibility index (Phi) is 5.53. The maximum absolute atomic E-state index is 12.9. The molecule has 6 nitrogen and oxygen atoms in total. The minimum Gasteiger partial charge on any atom is -0.492 e. The van der Waals surface area contributed by atoms with Crippen molar-refractivity contribution in [3.05, 3.63) is 66.4 Å². The molecule has 29 heavy (non-hydrogen) atoms. The van der Waals surface area contributed by atoms with Gasteiger partial charge in [0.25, 0.3) is 0 Å². The highest BCUT2D eigenvalue weighted by Crippen LogP contribution is 2.29. The van der Waals surface area contributed by atoms with E-state index in [-0.39, 0.29) is 18.2 Å². The normalized spacial score (nSPS) is 13.7. The lowest BCUT2D eigenvalue weighted by atomic mass is 10.1. The van der Waals surface area contributed by atoms with E-state index in [4.69, 9.17) is 9.72 Å². The molecular formula is C21H22FN3O3S. The van der Waals surface area contributed by atoms with Gasteiger partial charge in [-0.25, -0.2) is 17.8 Å². The lowest BCUT2D eigenvalue weighted by Gasteiger charge is -2.12. The summed E-state index contributed by atoms with van der Waals surface area (Å²) in [4.78, 5) is 4.69. The molecule has 0 fully saturated rings. The van der Waals surface area contributed by atoms with Crippen LogP contribution in [0.2, 0.25) is 0 Å². The first-order valence-corrected chi connectivity index (χ1v) is 11.2. The van der Waals surface area contributed by atoms with Crippen molar-refractivity contribution in [2.75, 3.05) is 17.1 Å². The van der Waals surface area contributed by atoms with E-state index in [0.29, 0.717) is 11.4 Å². The molecule has 2 heterocycles. The third-order valence-corrected chi connectivity index (χ3v) is 6.05. The van der Waals surface area contributed by atoms with E-state index in [1.807, 2.05) is 18.3 Å². The van der Waals surface area contributed by atoms with Crippen molar-refractivity contribution < 1.29 is 17.5 Å². The topological polar surface area (TPSA) is 73.2 Å². The molecule has 0 amide bonds. The van der Waals surface area contributed by atoms with E-state index < -0.39 is 10.0 Å². The number of aromatic nitrogens is 2. The number of hydrogen-bond donors (Lipinski definition) is 1. The van der Waals surface area contributed by atoms with Crippen molar-refractivity contribution in [2.24, 2.45) is 0 Å². The predicted octanol–water partition coefficient (Wildman–Crippen LogP) is 3.85. The molecule has 0 unspecified atom stereocenters. The summed E-state index contributed by atoms with van der Waals surface area (Å²) in [5.41, 5.74) is 2.00. The molecule has 152 valence electrons. The number of nitrogens with zero attached hydrogens (tertiary/aromatic N) is 2. The number of rotatable bonds is 7. The number of sulfonamides is 1. The maximum atomic E-state index is 12.9. The molecule has 0 atom stereocenters. The molecule has 2 aromatic carbocycles. The van der Waals surface area contributed by atoms with Crippen molar-refractivity contribution in [2.45, 2.75) is 25.8 Å². The third-order valence-electron chi connectivity index (χ3n) is 4.81. The number of para-hydroxylation sites is 1. The molecule has 0 saturated carbocycles. The molecule has 4 rings (SSSR count). The summed E-state index contributed by atoms with van der Waals surface area (Å²) < 4.78 is 48.2. The van der Waals surface area contributed by atoms with Gasteiger partial charge < -0.3 is 9.30 Å². The van der Waals surface area contributed by atoms with Crippen LogP contribution >= 0.6 is 0 Å². The second kappa shape index (κ2) is 8.24. The van der Waals surface area contributed by atoms with E-state index in [9.17, 15) is 12.8 Å². The van der Waals surface area contributed by atoms with Crippen LogP contribution in [0.3, 0.4) is 0 Å². The monoisotopic (exact) mass is 415 g/mol. The molecule has 0 saturated heterocycles. The number of imidazole rings is 1. The molecule has 0 bridgehead atoms. The number of fused-ring (bicyclic) bond motifs is 1. The highest BCUT2D eigenvalue weighted by molar-refractivity contribution is 7.92. The van der Waals surface area contributed by atoms with Gasteiger partial charge in [-0.05, 0) is 43.2 Å². The molecular weight excluding hydrogens is 393 g/mol. The van der Waals surface area contributed by atoms with E-state index in [1.54, 1.807) is 12.1 Å². The Balaban J connectivity index is 1.46. The molecule has 1 aromatic heterocycles. The first kappa shape index (κ1) is 19.4. The second-order valence-electron chi connectivity index (χ2n) is 6.96. The van der Waals surface area contributed by atoms with Gasteiger partial charge in [0.05, 0.1) is 11.4 Å². The van der Waals surface area contributed by atoms with Crippen molar-refractivity contribution in [1.82, 2.24) is 9.55 Å². The number of hydrogen-bond acceptors (Lipinski definition) is 4. The largest absolute Gasteiger partial charge is 0.492 e. The van der Waals surface area contributed by atoms with Gasteiger partial charge in [-0.2, -0.15) is 0 Å². The summed E-state index contributed by atoms with van der Waals surface area (Å²) in [6.45, 7) is 0.902. The van der Waals surface area contributed by atoms with Gasteiger partial charge in [0.1, 0.15) is 29.8 Å². The zero-order valence-corrected chi connectivity index (χ0v) is 16.7. The average Bonchev–Trinajstić information content (AvgIpc) is 3.13. The lowest BCUT2D eigenvalue weighted by Crippen LogP contribution is -2.21. The minimum atomic E-state index is -3.63. The van der Waals surface area contributed by atoms with Crippen LogP contribution < -0.4 is 9.46 Å². The summed E-state index contributed by atoms with van der Waals surface area (Å²) in [6, 6.07) is 12.7. The van der Waals surface area contributed by atoms with Crippen LogP contribution in [-0.2, 0) is 23.0 Å². The predicted molar refractivity (Wildman–Crippen MR) is 110 cm³/mol. The lowest BCUT2D eigenvalue weighted by molar-refractivity contribution is 0.340. The number of nitrogens with one attached hydrogen (secondary N) is 1. The van der Waals surface area contributed by atoms with Crippen LogP contribution in [0.1, 0.15) is 18.7 Å². The van der Waals surface area contributed by atoms with Gasteiger partial charge >= 0.3 is 0 Å². The van der Waals surface area contributed by atoms with Gasteiger partial charge in [0.2, 0.25) is 10.0 Å². The fourth-order valence-electron chi connectivity index (χ4n) is 3.36. The van der Waals surface area contributed by atoms with Crippen LogP contribution in [0.15, 0.2) is 54.7 Å². The quantitative estimate of drug-likeness (QED) is 0.636. The van der Waals surface area contributed by atoms with Gasteiger partial charge in [0.15, 0.2) is 0 Å². The average molecular weight is 415 g/mol. The number of aryl methyl sites for hydroxylation is 2. The molecule has 3 aromatic rings. The third kappa shape index (κ3) is 4.76. The summed E-state index contributed by atoms with van der Waals surface area (Å²) >= 11 is 0. The van der Waals surface area contributed by atoms with Gasteiger partial charge in [0, 0.05) is 24.7 Å². The Morgan fingerprint density at radius 1 is 1.10 bits per heavy atom. The Bertz CT molecular complexity index is 1070. The molecule has 8 heteroatoms. The Labute approximate surface area is 169 Å². The molecule has 1 N–H and O–H groups in total. The highest BCUT2D eigenvalue weighted by atomic mass is 32.2. The Hall–Kier alpha value is -2.87. The smallest absolute Gasteiger partial charge is 0.236 e. The van der Waals surface area contributed by atoms with Gasteiger partial charge in [-0.15, -0.1) is 0 Å². The van der Waals surface area contributed by atoms with Gasteiger partial charge in [-0.1, -0.05) is 18.2 Å². The van der Waals surface area contributed by atoms with Crippen molar-refractivity contribution in [3.8, 4) is 17.0 Å².